The van der Waals surface area contributed by atoms with Gasteiger partial charge in [-0.2, -0.15) is 0 Å². The van der Waals surface area contributed by atoms with E-state index in [9.17, 15) is 9.59 Å². The lowest BCUT2D eigenvalue weighted by Gasteiger charge is -2.23. The smallest absolute Gasteiger partial charge is 0.221 e. The zero-order chi connectivity index (χ0) is 12.3. The summed E-state index contributed by atoms with van der Waals surface area (Å²) in [5.41, 5.74) is 2.68. The molecule has 1 amide bonds. The fourth-order valence-electron chi connectivity index (χ4n) is 2.06. The largest absolute Gasteiger partial charge is 0.369 e. The third kappa shape index (κ3) is 2.64. The fraction of sp³-hybridized carbons (Fsp3) is 0.385. The van der Waals surface area contributed by atoms with Crippen molar-refractivity contribution >= 4 is 17.9 Å². The van der Waals surface area contributed by atoms with Gasteiger partial charge >= 0.3 is 0 Å². The molecule has 0 aromatic heterocycles. The molecule has 1 saturated heterocycles. The van der Waals surface area contributed by atoms with Gasteiger partial charge in [0.1, 0.15) is 0 Å². The summed E-state index contributed by atoms with van der Waals surface area (Å²) in [5, 5.41) is 2.82. The average molecular weight is 232 g/mol. The van der Waals surface area contributed by atoms with E-state index >= 15 is 0 Å². The van der Waals surface area contributed by atoms with Gasteiger partial charge < -0.3 is 10.2 Å². The Bertz CT molecular complexity index is 443. The lowest BCUT2D eigenvalue weighted by atomic mass is 10.1. The molecule has 0 saturated carbocycles. The van der Waals surface area contributed by atoms with Crippen molar-refractivity contribution in [3.8, 4) is 0 Å². The van der Waals surface area contributed by atoms with Crippen LogP contribution in [0.5, 0.6) is 0 Å². The summed E-state index contributed by atoms with van der Waals surface area (Å²) in [6.07, 6.45) is 1.36. The van der Waals surface area contributed by atoms with Crippen LogP contribution in [0.2, 0.25) is 0 Å². The number of nitrogens with one attached hydrogen (secondary N) is 1. The van der Waals surface area contributed by atoms with Gasteiger partial charge in [-0.3, -0.25) is 9.59 Å². The number of hydrogen-bond donors (Lipinski definition) is 1. The summed E-state index contributed by atoms with van der Waals surface area (Å²) in [4.78, 5) is 24.4. The summed E-state index contributed by atoms with van der Waals surface area (Å²) in [6.45, 7) is 4.00. The Balaban J connectivity index is 2.26. The maximum atomic E-state index is 11.3. The van der Waals surface area contributed by atoms with Gasteiger partial charge in [0, 0.05) is 37.3 Å². The van der Waals surface area contributed by atoms with Crippen molar-refractivity contribution < 1.29 is 9.59 Å². The highest BCUT2D eigenvalue weighted by Crippen LogP contribution is 2.21. The van der Waals surface area contributed by atoms with Gasteiger partial charge in [-0.1, -0.05) is 11.6 Å². The SMILES string of the molecule is Cc1ccc(N2CCNC(=O)CC2)c(C=O)c1. The first kappa shape index (κ1) is 11.6. The quantitative estimate of drug-likeness (QED) is 0.778. The number of nitrogens with zero attached hydrogens (tertiary/aromatic N) is 1. The van der Waals surface area contributed by atoms with Gasteiger partial charge in [0.05, 0.1) is 0 Å². The molecule has 1 heterocycles. The molecule has 1 aromatic rings. The summed E-state index contributed by atoms with van der Waals surface area (Å²) in [7, 11) is 0. The molecule has 2 rings (SSSR count). The zero-order valence-corrected chi connectivity index (χ0v) is 9.90. The standard InChI is InChI=1S/C13H16N2O2/c1-10-2-3-12(11(8-10)9-16)15-6-4-13(17)14-5-7-15/h2-3,8-9H,4-7H2,1H3,(H,14,17). The first-order chi connectivity index (χ1) is 8.20. The van der Waals surface area contributed by atoms with Crippen LogP contribution in [0.25, 0.3) is 0 Å². The van der Waals surface area contributed by atoms with E-state index in [2.05, 4.69) is 10.2 Å². The molecular formula is C13H16N2O2. The van der Waals surface area contributed by atoms with Crippen LogP contribution in [-0.4, -0.2) is 31.8 Å². The van der Waals surface area contributed by atoms with Gasteiger partial charge in [0.2, 0.25) is 5.91 Å². The minimum atomic E-state index is 0.0762. The van der Waals surface area contributed by atoms with E-state index in [-0.39, 0.29) is 5.91 Å². The average Bonchev–Trinajstić information content (AvgIpc) is 2.54. The van der Waals surface area contributed by atoms with E-state index in [4.69, 9.17) is 0 Å². The predicted molar refractivity (Wildman–Crippen MR) is 66.4 cm³/mol. The molecule has 0 unspecified atom stereocenters. The molecule has 1 aliphatic heterocycles. The normalized spacial score (nSPS) is 16.3. The Hall–Kier alpha value is -1.84. The molecule has 0 aliphatic carbocycles. The zero-order valence-electron chi connectivity index (χ0n) is 9.90. The summed E-state index contributed by atoms with van der Waals surface area (Å²) in [5.74, 6) is 0.0762. The lowest BCUT2D eigenvalue weighted by Crippen LogP contribution is -2.29. The van der Waals surface area contributed by atoms with Gasteiger partial charge in [0.25, 0.3) is 0 Å². The van der Waals surface area contributed by atoms with Crippen LogP contribution in [0.15, 0.2) is 18.2 Å². The van der Waals surface area contributed by atoms with Crippen molar-refractivity contribution in [3.05, 3.63) is 29.3 Å². The second-order valence-corrected chi connectivity index (χ2v) is 4.27. The molecule has 4 nitrogen and oxygen atoms in total. The molecule has 4 heteroatoms. The highest BCUT2D eigenvalue weighted by atomic mass is 16.1. The molecule has 1 aromatic carbocycles. The molecule has 0 radical (unpaired) electrons. The predicted octanol–water partition coefficient (Wildman–Crippen LogP) is 1.13. The lowest BCUT2D eigenvalue weighted by molar-refractivity contribution is -0.120. The Kier molecular flexibility index (Phi) is 3.42. The number of hydrogen-bond acceptors (Lipinski definition) is 3. The van der Waals surface area contributed by atoms with Crippen LogP contribution in [0.3, 0.4) is 0 Å². The third-order valence-corrected chi connectivity index (χ3v) is 2.96. The van der Waals surface area contributed by atoms with Crippen LogP contribution in [0.4, 0.5) is 5.69 Å². The molecule has 0 atom stereocenters. The second kappa shape index (κ2) is 4.99. The van der Waals surface area contributed by atoms with Crippen LogP contribution >= 0.6 is 0 Å². The third-order valence-electron chi connectivity index (χ3n) is 2.96. The van der Waals surface area contributed by atoms with E-state index in [1.54, 1.807) is 0 Å². The molecule has 1 fully saturated rings. The number of aldehydes is 1. The second-order valence-electron chi connectivity index (χ2n) is 4.27. The Morgan fingerprint density at radius 3 is 2.94 bits per heavy atom. The first-order valence-electron chi connectivity index (χ1n) is 5.78. The Labute approximate surface area is 101 Å². The van der Waals surface area contributed by atoms with Gasteiger partial charge in [-0.25, -0.2) is 0 Å². The number of carbonyl (C=O) groups is 2. The van der Waals surface area contributed by atoms with E-state index in [1.807, 2.05) is 25.1 Å². The van der Waals surface area contributed by atoms with Gasteiger partial charge in [-0.15, -0.1) is 0 Å². The van der Waals surface area contributed by atoms with Gasteiger partial charge in [-0.05, 0) is 19.1 Å². The number of anilines is 1. The molecule has 0 bridgehead atoms. The van der Waals surface area contributed by atoms with Crippen LogP contribution in [0.1, 0.15) is 22.3 Å². The monoisotopic (exact) mass is 232 g/mol. The highest BCUT2D eigenvalue weighted by Gasteiger charge is 2.16. The number of aryl methyl sites for hydroxylation is 1. The summed E-state index contributed by atoms with van der Waals surface area (Å²) in [6, 6.07) is 5.82. The maximum absolute atomic E-state index is 11.3. The van der Waals surface area contributed by atoms with Crippen molar-refractivity contribution in [2.24, 2.45) is 0 Å². The maximum Gasteiger partial charge on any atom is 0.221 e. The minimum Gasteiger partial charge on any atom is -0.369 e. The summed E-state index contributed by atoms with van der Waals surface area (Å²) < 4.78 is 0. The van der Waals surface area contributed by atoms with Crippen molar-refractivity contribution in [2.75, 3.05) is 24.5 Å². The van der Waals surface area contributed by atoms with Crippen molar-refractivity contribution in [1.82, 2.24) is 5.32 Å². The molecule has 0 spiro atoms. The van der Waals surface area contributed by atoms with Crippen molar-refractivity contribution in [2.45, 2.75) is 13.3 Å². The molecule has 1 N–H and O–H groups in total. The fourth-order valence-corrected chi connectivity index (χ4v) is 2.06. The van der Waals surface area contributed by atoms with E-state index in [0.29, 0.717) is 25.1 Å². The topological polar surface area (TPSA) is 49.4 Å². The van der Waals surface area contributed by atoms with Crippen LogP contribution in [-0.2, 0) is 4.79 Å². The van der Waals surface area contributed by atoms with Gasteiger partial charge in [0.15, 0.2) is 6.29 Å². The minimum absolute atomic E-state index is 0.0762. The van der Waals surface area contributed by atoms with E-state index in [1.165, 1.54) is 0 Å². The Morgan fingerprint density at radius 2 is 2.18 bits per heavy atom. The molecule has 90 valence electrons. The molecule has 1 aliphatic rings. The van der Waals surface area contributed by atoms with Crippen LogP contribution in [0, 0.1) is 6.92 Å². The van der Waals surface area contributed by atoms with Crippen molar-refractivity contribution in [1.29, 1.82) is 0 Å². The number of rotatable bonds is 2. The highest BCUT2D eigenvalue weighted by molar-refractivity contribution is 5.85. The number of benzene rings is 1. The number of carbonyl (C=O) groups excluding carboxylic acids is 2. The molecular weight excluding hydrogens is 216 g/mol. The van der Waals surface area contributed by atoms with Crippen LogP contribution < -0.4 is 10.2 Å². The number of amides is 1. The van der Waals surface area contributed by atoms with Crippen molar-refractivity contribution in [3.63, 3.8) is 0 Å². The first-order valence-corrected chi connectivity index (χ1v) is 5.78. The summed E-state index contributed by atoms with van der Waals surface area (Å²) >= 11 is 0. The van der Waals surface area contributed by atoms with E-state index in [0.717, 1.165) is 24.1 Å². The van der Waals surface area contributed by atoms with E-state index < -0.39 is 0 Å². The Morgan fingerprint density at radius 1 is 1.35 bits per heavy atom. The molecule has 17 heavy (non-hydrogen) atoms.